The summed E-state index contributed by atoms with van der Waals surface area (Å²) in [4.78, 5) is 10.2. The van der Waals surface area contributed by atoms with Crippen LogP contribution in [0.3, 0.4) is 0 Å². The quantitative estimate of drug-likeness (QED) is 0.539. The number of aliphatic carboxylic acids is 1. The molecule has 0 aromatic carbocycles. The summed E-state index contributed by atoms with van der Waals surface area (Å²) in [6, 6.07) is 0.381. The molecule has 0 heterocycles. The molecule has 3 N–H and O–H groups in total. The Bertz CT molecular complexity index is 138. The van der Waals surface area contributed by atoms with Gasteiger partial charge in [0.15, 0.2) is 6.10 Å². The van der Waals surface area contributed by atoms with Gasteiger partial charge in [0.2, 0.25) is 0 Å². The molecule has 0 aromatic rings. The molecule has 0 amide bonds. The van der Waals surface area contributed by atoms with Gasteiger partial charge < -0.3 is 15.5 Å². The second kappa shape index (κ2) is 5.97. The van der Waals surface area contributed by atoms with E-state index in [1.165, 1.54) is 0 Å². The minimum Gasteiger partial charge on any atom is -0.479 e. The lowest BCUT2D eigenvalue weighted by Gasteiger charge is -2.11. The maximum atomic E-state index is 10.2. The van der Waals surface area contributed by atoms with E-state index < -0.39 is 12.1 Å². The SMILES string of the molecule is CCC(C)NCCC(O)C(=O)O. The summed E-state index contributed by atoms with van der Waals surface area (Å²) in [5, 5.41) is 20.3. The average Bonchev–Trinajstić information content (AvgIpc) is 2.03. The minimum atomic E-state index is -1.23. The first-order valence-corrected chi connectivity index (χ1v) is 4.22. The van der Waals surface area contributed by atoms with Crippen molar-refractivity contribution in [1.82, 2.24) is 5.32 Å². The lowest BCUT2D eigenvalue weighted by molar-refractivity contribution is -0.146. The fourth-order valence-electron chi connectivity index (χ4n) is 0.734. The number of aliphatic hydroxyl groups excluding tert-OH is 1. The van der Waals surface area contributed by atoms with Crippen molar-refractivity contribution >= 4 is 5.97 Å². The Hall–Kier alpha value is -0.610. The Morgan fingerprint density at radius 1 is 1.58 bits per heavy atom. The molecule has 2 atom stereocenters. The number of nitrogens with one attached hydrogen (secondary N) is 1. The van der Waals surface area contributed by atoms with Gasteiger partial charge in [-0.15, -0.1) is 0 Å². The molecule has 4 heteroatoms. The van der Waals surface area contributed by atoms with Crippen LogP contribution in [0.25, 0.3) is 0 Å². The van der Waals surface area contributed by atoms with Gasteiger partial charge in [0.25, 0.3) is 0 Å². The van der Waals surface area contributed by atoms with Crippen LogP contribution in [0.2, 0.25) is 0 Å². The molecule has 0 bridgehead atoms. The molecule has 0 aromatic heterocycles. The third kappa shape index (κ3) is 5.09. The first kappa shape index (κ1) is 11.4. The van der Waals surface area contributed by atoms with E-state index in [9.17, 15) is 4.79 Å². The van der Waals surface area contributed by atoms with Gasteiger partial charge in [0.05, 0.1) is 0 Å². The van der Waals surface area contributed by atoms with Crippen LogP contribution in [0.5, 0.6) is 0 Å². The summed E-state index contributed by atoms with van der Waals surface area (Å²) in [7, 11) is 0. The molecule has 0 rings (SSSR count). The second-order valence-electron chi connectivity index (χ2n) is 2.91. The van der Waals surface area contributed by atoms with Gasteiger partial charge in [-0.3, -0.25) is 0 Å². The summed E-state index contributed by atoms with van der Waals surface area (Å²) < 4.78 is 0. The zero-order valence-electron chi connectivity index (χ0n) is 7.58. The van der Waals surface area contributed by atoms with Gasteiger partial charge in [-0.05, 0) is 26.3 Å². The number of carbonyl (C=O) groups is 1. The second-order valence-corrected chi connectivity index (χ2v) is 2.91. The average molecular weight is 175 g/mol. The molecular weight excluding hydrogens is 158 g/mol. The predicted octanol–water partition coefficient (Wildman–Crippen LogP) is 0.210. The smallest absolute Gasteiger partial charge is 0.332 e. The summed E-state index contributed by atoms with van der Waals surface area (Å²) in [5.41, 5.74) is 0. The number of aliphatic hydroxyl groups is 1. The van der Waals surface area contributed by atoms with Gasteiger partial charge in [-0.2, -0.15) is 0 Å². The summed E-state index contributed by atoms with van der Waals surface area (Å²) in [6.07, 6.45) is 0.0320. The molecule has 0 saturated heterocycles. The van der Waals surface area contributed by atoms with Crippen molar-refractivity contribution < 1.29 is 15.0 Å². The summed E-state index contributed by atoms with van der Waals surface area (Å²) in [5.74, 6) is -1.15. The van der Waals surface area contributed by atoms with E-state index in [2.05, 4.69) is 5.32 Å². The number of carboxylic acid groups (broad SMARTS) is 1. The van der Waals surface area contributed by atoms with Gasteiger partial charge in [0, 0.05) is 6.04 Å². The van der Waals surface area contributed by atoms with E-state index in [-0.39, 0.29) is 6.42 Å². The Kier molecular flexibility index (Phi) is 5.66. The highest BCUT2D eigenvalue weighted by Gasteiger charge is 2.11. The van der Waals surface area contributed by atoms with Crippen molar-refractivity contribution in [3.8, 4) is 0 Å². The molecule has 0 saturated carbocycles. The summed E-state index contributed by atoms with van der Waals surface area (Å²) in [6.45, 7) is 4.61. The zero-order chi connectivity index (χ0) is 9.56. The van der Waals surface area contributed by atoms with E-state index in [1.807, 2.05) is 13.8 Å². The van der Waals surface area contributed by atoms with Crippen LogP contribution in [0.4, 0.5) is 0 Å². The van der Waals surface area contributed by atoms with E-state index in [1.54, 1.807) is 0 Å². The Morgan fingerprint density at radius 2 is 2.17 bits per heavy atom. The number of hydrogen-bond donors (Lipinski definition) is 3. The maximum absolute atomic E-state index is 10.2. The Morgan fingerprint density at radius 3 is 2.58 bits per heavy atom. The molecule has 72 valence electrons. The maximum Gasteiger partial charge on any atom is 0.332 e. The summed E-state index contributed by atoms with van der Waals surface area (Å²) >= 11 is 0. The largest absolute Gasteiger partial charge is 0.479 e. The molecule has 0 aliphatic rings. The minimum absolute atomic E-state index is 0.264. The predicted molar refractivity (Wildman–Crippen MR) is 46.0 cm³/mol. The van der Waals surface area contributed by atoms with Crippen molar-refractivity contribution in [2.24, 2.45) is 0 Å². The van der Waals surface area contributed by atoms with Crippen molar-refractivity contribution in [2.45, 2.75) is 38.8 Å². The van der Waals surface area contributed by atoms with Crippen LogP contribution >= 0.6 is 0 Å². The van der Waals surface area contributed by atoms with Gasteiger partial charge in [-0.1, -0.05) is 6.92 Å². The van der Waals surface area contributed by atoms with Crippen LogP contribution in [0.15, 0.2) is 0 Å². The number of rotatable bonds is 6. The monoisotopic (exact) mass is 175 g/mol. The van der Waals surface area contributed by atoms with Crippen LogP contribution < -0.4 is 5.32 Å². The van der Waals surface area contributed by atoms with Crippen molar-refractivity contribution in [3.63, 3.8) is 0 Å². The van der Waals surface area contributed by atoms with Crippen LogP contribution in [-0.2, 0) is 4.79 Å². The molecule has 2 unspecified atom stereocenters. The highest BCUT2D eigenvalue weighted by molar-refractivity contribution is 5.71. The third-order valence-corrected chi connectivity index (χ3v) is 1.81. The van der Waals surface area contributed by atoms with E-state index >= 15 is 0 Å². The molecule has 0 aliphatic heterocycles. The fourth-order valence-corrected chi connectivity index (χ4v) is 0.734. The Labute approximate surface area is 72.6 Å². The van der Waals surface area contributed by atoms with Crippen molar-refractivity contribution in [2.75, 3.05) is 6.54 Å². The van der Waals surface area contributed by atoms with Gasteiger partial charge >= 0.3 is 5.97 Å². The van der Waals surface area contributed by atoms with Gasteiger partial charge in [0.1, 0.15) is 0 Å². The van der Waals surface area contributed by atoms with E-state index in [0.29, 0.717) is 12.6 Å². The molecule has 12 heavy (non-hydrogen) atoms. The lowest BCUT2D eigenvalue weighted by atomic mass is 10.2. The molecule has 4 nitrogen and oxygen atoms in total. The standard InChI is InChI=1S/C8H17NO3/c1-3-6(2)9-5-4-7(10)8(11)12/h6-7,9-10H,3-5H2,1-2H3,(H,11,12). The first-order valence-electron chi connectivity index (χ1n) is 4.22. The molecular formula is C8H17NO3. The lowest BCUT2D eigenvalue weighted by Crippen LogP contribution is -2.31. The fraction of sp³-hybridized carbons (Fsp3) is 0.875. The molecule has 0 aliphatic carbocycles. The number of carboxylic acids is 1. The van der Waals surface area contributed by atoms with E-state index in [0.717, 1.165) is 6.42 Å². The van der Waals surface area contributed by atoms with Crippen LogP contribution in [0, 0.1) is 0 Å². The van der Waals surface area contributed by atoms with E-state index in [4.69, 9.17) is 10.2 Å². The molecule has 0 radical (unpaired) electrons. The van der Waals surface area contributed by atoms with Crippen molar-refractivity contribution in [3.05, 3.63) is 0 Å². The molecule has 0 fully saturated rings. The number of hydrogen-bond acceptors (Lipinski definition) is 3. The highest BCUT2D eigenvalue weighted by atomic mass is 16.4. The first-order chi connectivity index (χ1) is 5.57. The zero-order valence-corrected chi connectivity index (χ0v) is 7.58. The van der Waals surface area contributed by atoms with Crippen molar-refractivity contribution in [1.29, 1.82) is 0 Å². The topological polar surface area (TPSA) is 69.6 Å². The third-order valence-electron chi connectivity index (χ3n) is 1.81. The normalized spacial score (nSPS) is 15.6. The molecule has 0 spiro atoms. The highest BCUT2D eigenvalue weighted by Crippen LogP contribution is 1.92. The van der Waals surface area contributed by atoms with Crippen LogP contribution in [-0.4, -0.2) is 34.9 Å². The van der Waals surface area contributed by atoms with Gasteiger partial charge in [-0.25, -0.2) is 4.79 Å². The van der Waals surface area contributed by atoms with Crippen LogP contribution in [0.1, 0.15) is 26.7 Å². The Balaban J connectivity index is 3.37.